The number of aliphatic imine (C=N–C) groups is 1. The molecule has 0 spiro atoms. The molecule has 0 unspecified atom stereocenters. The van der Waals surface area contributed by atoms with E-state index in [9.17, 15) is 0 Å². The Balaban J connectivity index is 0.00000361. The number of nitrogens with zero attached hydrogens (tertiary/aromatic N) is 1. The van der Waals surface area contributed by atoms with Crippen LogP contribution < -0.4 is 10.6 Å². The Morgan fingerprint density at radius 2 is 1.70 bits per heavy atom. The third kappa shape index (κ3) is 9.77. The molecule has 0 aromatic rings. The smallest absolute Gasteiger partial charge is 0.190 e. The predicted molar refractivity (Wildman–Crippen MR) is 94.1 cm³/mol. The summed E-state index contributed by atoms with van der Waals surface area (Å²) in [6.45, 7) is 3.40. The van der Waals surface area contributed by atoms with Gasteiger partial charge in [0.05, 0.1) is 6.10 Å². The first-order chi connectivity index (χ1) is 9.36. The molecular weight excluding hydrogens is 369 g/mol. The average molecular weight is 399 g/mol. The molecule has 0 amide bonds. The summed E-state index contributed by atoms with van der Waals surface area (Å²) in [5.74, 6) is 0.858. The number of guanidine groups is 1. The zero-order chi connectivity index (χ0) is 13.8. The van der Waals surface area contributed by atoms with E-state index in [1.54, 1.807) is 14.2 Å². The van der Waals surface area contributed by atoms with Crippen molar-refractivity contribution in [3.8, 4) is 0 Å². The molecule has 0 bridgehead atoms. The van der Waals surface area contributed by atoms with Crippen LogP contribution in [0, 0.1) is 0 Å². The van der Waals surface area contributed by atoms with Crippen LogP contribution in [0.5, 0.6) is 0 Å². The number of hydrogen-bond acceptors (Lipinski definition) is 3. The van der Waals surface area contributed by atoms with Crippen LogP contribution in [-0.4, -0.2) is 52.5 Å². The summed E-state index contributed by atoms with van der Waals surface area (Å²) >= 11 is 0. The van der Waals surface area contributed by atoms with Gasteiger partial charge in [0.15, 0.2) is 5.96 Å². The van der Waals surface area contributed by atoms with Gasteiger partial charge in [-0.15, -0.1) is 24.0 Å². The van der Waals surface area contributed by atoms with E-state index >= 15 is 0 Å². The second-order valence-electron chi connectivity index (χ2n) is 4.90. The Bertz CT molecular complexity index is 247. The molecule has 0 aromatic heterocycles. The third-order valence-electron chi connectivity index (χ3n) is 3.31. The van der Waals surface area contributed by atoms with Crippen LogP contribution in [0.3, 0.4) is 0 Å². The quantitative estimate of drug-likeness (QED) is 0.270. The van der Waals surface area contributed by atoms with E-state index in [-0.39, 0.29) is 24.0 Å². The van der Waals surface area contributed by atoms with E-state index in [1.165, 1.54) is 25.7 Å². The van der Waals surface area contributed by atoms with Gasteiger partial charge in [0.25, 0.3) is 0 Å². The van der Waals surface area contributed by atoms with Crippen molar-refractivity contribution in [1.29, 1.82) is 0 Å². The molecule has 1 fully saturated rings. The molecule has 1 saturated carbocycles. The van der Waals surface area contributed by atoms with Crippen LogP contribution in [0.1, 0.15) is 38.5 Å². The van der Waals surface area contributed by atoms with Crippen LogP contribution in [0.15, 0.2) is 4.99 Å². The van der Waals surface area contributed by atoms with Crippen LogP contribution in [0.2, 0.25) is 0 Å². The molecule has 6 heteroatoms. The number of halogens is 1. The summed E-state index contributed by atoms with van der Waals surface area (Å²) in [6.07, 6.45) is 7.69. The third-order valence-corrected chi connectivity index (χ3v) is 3.31. The molecule has 5 nitrogen and oxygen atoms in total. The van der Waals surface area contributed by atoms with Crippen molar-refractivity contribution in [1.82, 2.24) is 10.6 Å². The number of nitrogens with one attached hydrogen (secondary N) is 2. The summed E-state index contributed by atoms with van der Waals surface area (Å²) in [5.41, 5.74) is 0. The molecular formula is C14H30IN3O2. The number of rotatable bonds is 9. The van der Waals surface area contributed by atoms with E-state index in [2.05, 4.69) is 15.6 Å². The SMILES string of the molecule is CN=C(NCCCOC)NCCCOC1CCCC1.I. The lowest BCUT2D eigenvalue weighted by molar-refractivity contribution is 0.0574. The van der Waals surface area contributed by atoms with E-state index in [0.717, 1.165) is 45.1 Å². The first-order valence-corrected chi connectivity index (χ1v) is 7.42. The lowest BCUT2D eigenvalue weighted by Gasteiger charge is -2.13. The van der Waals surface area contributed by atoms with Gasteiger partial charge < -0.3 is 20.1 Å². The number of hydrogen-bond donors (Lipinski definition) is 2. The summed E-state index contributed by atoms with van der Waals surface area (Å²) in [5, 5.41) is 6.54. The largest absolute Gasteiger partial charge is 0.385 e. The molecule has 20 heavy (non-hydrogen) atoms. The van der Waals surface area contributed by atoms with Crippen molar-refractivity contribution in [3.63, 3.8) is 0 Å². The summed E-state index contributed by atoms with van der Waals surface area (Å²) < 4.78 is 10.8. The molecule has 0 aromatic carbocycles. The van der Waals surface area contributed by atoms with Gasteiger partial charge in [0, 0.05) is 40.5 Å². The van der Waals surface area contributed by atoms with Gasteiger partial charge in [-0.1, -0.05) is 12.8 Å². The topological polar surface area (TPSA) is 54.9 Å². The maximum atomic E-state index is 5.81. The normalized spacial score (nSPS) is 16.0. The highest BCUT2D eigenvalue weighted by atomic mass is 127. The van der Waals surface area contributed by atoms with Crippen molar-refractivity contribution in [2.24, 2.45) is 4.99 Å². The lowest BCUT2D eigenvalue weighted by Crippen LogP contribution is -2.38. The van der Waals surface area contributed by atoms with E-state index < -0.39 is 0 Å². The van der Waals surface area contributed by atoms with Gasteiger partial charge in [-0.3, -0.25) is 4.99 Å². The van der Waals surface area contributed by atoms with Crippen LogP contribution in [-0.2, 0) is 9.47 Å². The van der Waals surface area contributed by atoms with Crippen LogP contribution >= 0.6 is 24.0 Å². The Morgan fingerprint density at radius 3 is 2.25 bits per heavy atom. The lowest BCUT2D eigenvalue weighted by atomic mass is 10.3. The molecule has 2 N–H and O–H groups in total. The first-order valence-electron chi connectivity index (χ1n) is 7.42. The van der Waals surface area contributed by atoms with Crippen molar-refractivity contribution < 1.29 is 9.47 Å². The highest BCUT2D eigenvalue weighted by molar-refractivity contribution is 14.0. The standard InChI is InChI=1S/C14H29N3O2.HI/c1-15-14(16-9-5-11-18-2)17-10-6-12-19-13-7-3-4-8-13;/h13H,3-12H2,1-2H3,(H2,15,16,17);1H. The zero-order valence-electron chi connectivity index (χ0n) is 12.8. The molecule has 1 rings (SSSR count). The van der Waals surface area contributed by atoms with E-state index in [1.807, 2.05) is 0 Å². The minimum absolute atomic E-state index is 0. The fourth-order valence-electron chi connectivity index (χ4n) is 2.23. The number of methoxy groups -OCH3 is 1. The Morgan fingerprint density at radius 1 is 1.10 bits per heavy atom. The van der Waals surface area contributed by atoms with Gasteiger partial charge >= 0.3 is 0 Å². The molecule has 120 valence electrons. The van der Waals surface area contributed by atoms with Gasteiger partial charge in [0.1, 0.15) is 0 Å². The summed E-state index contributed by atoms with van der Waals surface area (Å²) in [6, 6.07) is 0. The fourth-order valence-corrected chi connectivity index (χ4v) is 2.23. The van der Waals surface area contributed by atoms with Gasteiger partial charge in [-0.05, 0) is 25.7 Å². The minimum atomic E-state index is 0. The van der Waals surface area contributed by atoms with Crippen molar-refractivity contribution in [2.75, 3.05) is 40.5 Å². The Kier molecular flexibility index (Phi) is 13.8. The average Bonchev–Trinajstić information content (AvgIpc) is 2.94. The highest BCUT2D eigenvalue weighted by Gasteiger charge is 2.14. The zero-order valence-corrected chi connectivity index (χ0v) is 15.2. The summed E-state index contributed by atoms with van der Waals surface area (Å²) in [7, 11) is 3.51. The maximum absolute atomic E-state index is 5.81. The molecule has 0 radical (unpaired) electrons. The van der Waals surface area contributed by atoms with Gasteiger partial charge in [0.2, 0.25) is 0 Å². The second-order valence-corrected chi connectivity index (χ2v) is 4.90. The second kappa shape index (κ2) is 13.9. The minimum Gasteiger partial charge on any atom is -0.385 e. The number of ether oxygens (including phenoxy) is 2. The van der Waals surface area contributed by atoms with Crippen molar-refractivity contribution in [2.45, 2.75) is 44.6 Å². The fraction of sp³-hybridized carbons (Fsp3) is 0.929. The monoisotopic (exact) mass is 399 g/mol. The highest BCUT2D eigenvalue weighted by Crippen LogP contribution is 2.20. The van der Waals surface area contributed by atoms with Crippen molar-refractivity contribution >= 4 is 29.9 Å². The Labute approximate surface area is 140 Å². The molecule has 1 aliphatic carbocycles. The van der Waals surface area contributed by atoms with Gasteiger partial charge in [-0.25, -0.2) is 0 Å². The molecule has 0 aliphatic heterocycles. The molecule has 0 heterocycles. The maximum Gasteiger partial charge on any atom is 0.190 e. The van der Waals surface area contributed by atoms with E-state index in [0.29, 0.717) is 6.10 Å². The van der Waals surface area contributed by atoms with Gasteiger partial charge in [-0.2, -0.15) is 0 Å². The predicted octanol–water partition coefficient (Wildman–Crippen LogP) is 2.16. The van der Waals surface area contributed by atoms with Crippen molar-refractivity contribution in [3.05, 3.63) is 0 Å². The molecule has 1 aliphatic rings. The first kappa shape index (κ1) is 19.9. The van der Waals surface area contributed by atoms with E-state index in [4.69, 9.17) is 9.47 Å². The molecule has 0 atom stereocenters. The van der Waals surface area contributed by atoms with Crippen LogP contribution in [0.25, 0.3) is 0 Å². The summed E-state index contributed by atoms with van der Waals surface area (Å²) in [4.78, 5) is 4.17. The molecule has 0 saturated heterocycles. The van der Waals surface area contributed by atoms with Crippen LogP contribution in [0.4, 0.5) is 0 Å². The Hall–Kier alpha value is -0.0800.